The van der Waals surface area contributed by atoms with E-state index in [0.717, 1.165) is 25.2 Å². The fraction of sp³-hybridized carbons (Fsp3) is 0.769. The average Bonchev–Trinajstić information content (AvgIpc) is 2.77. The summed E-state index contributed by atoms with van der Waals surface area (Å²) in [5.41, 5.74) is 2.37. The van der Waals surface area contributed by atoms with Gasteiger partial charge in [0.2, 0.25) is 0 Å². The first kappa shape index (κ1) is 14.2. The lowest BCUT2D eigenvalue weighted by Gasteiger charge is -2.19. The molecular weight excluding hydrogens is 214 g/mol. The van der Waals surface area contributed by atoms with Crippen molar-refractivity contribution in [2.24, 2.45) is 5.92 Å². The number of aryl methyl sites for hydroxylation is 2. The van der Waals surface area contributed by atoms with Crippen molar-refractivity contribution in [3.8, 4) is 0 Å². The number of nitrogens with zero attached hydrogens (tertiary/aromatic N) is 2. The van der Waals surface area contributed by atoms with E-state index in [4.69, 9.17) is 5.11 Å². The van der Waals surface area contributed by atoms with Gasteiger partial charge >= 0.3 is 0 Å². The zero-order valence-electron chi connectivity index (χ0n) is 11.4. The molecule has 0 aromatic carbocycles. The molecule has 1 aromatic rings. The lowest BCUT2D eigenvalue weighted by Crippen LogP contribution is -2.34. The maximum Gasteiger partial charge on any atom is 0.0625 e. The van der Waals surface area contributed by atoms with Gasteiger partial charge in [-0.05, 0) is 32.3 Å². The molecule has 0 saturated heterocycles. The van der Waals surface area contributed by atoms with Crippen molar-refractivity contribution in [3.05, 3.63) is 17.5 Å². The highest BCUT2D eigenvalue weighted by molar-refractivity contribution is 5.10. The third-order valence-electron chi connectivity index (χ3n) is 3.32. The fourth-order valence-electron chi connectivity index (χ4n) is 1.73. The Kier molecular flexibility index (Phi) is 5.65. The highest BCUT2D eigenvalue weighted by Gasteiger charge is 2.12. The first-order valence-electron chi connectivity index (χ1n) is 6.52. The molecule has 0 radical (unpaired) electrons. The van der Waals surface area contributed by atoms with Crippen LogP contribution in [-0.2, 0) is 19.5 Å². The summed E-state index contributed by atoms with van der Waals surface area (Å²) < 4.78 is 2.04. The van der Waals surface area contributed by atoms with Crippen molar-refractivity contribution < 1.29 is 5.11 Å². The summed E-state index contributed by atoms with van der Waals surface area (Å²) in [6.45, 7) is 10.3. The van der Waals surface area contributed by atoms with E-state index < -0.39 is 0 Å². The van der Waals surface area contributed by atoms with Crippen LogP contribution in [0.1, 0.15) is 39.1 Å². The second-order valence-corrected chi connectivity index (χ2v) is 4.63. The summed E-state index contributed by atoms with van der Waals surface area (Å²) in [7, 11) is 0. The van der Waals surface area contributed by atoms with E-state index in [0.29, 0.717) is 6.04 Å². The third-order valence-corrected chi connectivity index (χ3v) is 3.32. The van der Waals surface area contributed by atoms with Crippen LogP contribution in [0.4, 0.5) is 0 Å². The number of hydrogen-bond donors (Lipinski definition) is 2. The molecule has 0 bridgehead atoms. The predicted octanol–water partition coefficient (Wildman–Crippen LogP) is 1.57. The first-order valence-corrected chi connectivity index (χ1v) is 6.52. The minimum atomic E-state index is 0.224. The Labute approximate surface area is 104 Å². The van der Waals surface area contributed by atoms with Crippen LogP contribution in [0.2, 0.25) is 0 Å². The number of aliphatic hydroxyl groups excluding tert-OH is 1. The second kappa shape index (κ2) is 6.77. The lowest BCUT2D eigenvalue weighted by molar-refractivity contribution is 0.206. The van der Waals surface area contributed by atoms with Crippen molar-refractivity contribution in [1.82, 2.24) is 15.1 Å². The summed E-state index contributed by atoms with van der Waals surface area (Å²) in [5, 5.41) is 17.0. The molecule has 1 rings (SSSR count). The van der Waals surface area contributed by atoms with Crippen LogP contribution >= 0.6 is 0 Å². The number of aromatic nitrogens is 2. The van der Waals surface area contributed by atoms with E-state index in [1.54, 1.807) is 0 Å². The first-order chi connectivity index (χ1) is 8.12. The molecule has 4 heteroatoms. The molecule has 2 unspecified atom stereocenters. The highest BCUT2D eigenvalue weighted by Crippen LogP contribution is 2.07. The van der Waals surface area contributed by atoms with Crippen LogP contribution in [0.25, 0.3) is 0 Å². The molecule has 17 heavy (non-hydrogen) atoms. The molecular formula is C13H25N3O. The van der Waals surface area contributed by atoms with Crippen molar-refractivity contribution >= 4 is 0 Å². The molecule has 0 aliphatic carbocycles. The zero-order chi connectivity index (χ0) is 12.8. The molecule has 0 aliphatic rings. The van der Waals surface area contributed by atoms with E-state index in [1.807, 2.05) is 11.6 Å². The summed E-state index contributed by atoms with van der Waals surface area (Å²) in [4.78, 5) is 0. The van der Waals surface area contributed by atoms with Crippen LogP contribution in [0.3, 0.4) is 0 Å². The molecule has 0 aliphatic heterocycles. The van der Waals surface area contributed by atoms with E-state index in [1.165, 1.54) is 5.69 Å². The zero-order valence-corrected chi connectivity index (χ0v) is 11.4. The molecule has 98 valence electrons. The maximum absolute atomic E-state index is 9.09. The topological polar surface area (TPSA) is 50.1 Å². The lowest BCUT2D eigenvalue weighted by atomic mass is 10.1. The maximum atomic E-state index is 9.09. The molecule has 0 amide bonds. The van der Waals surface area contributed by atoms with Gasteiger partial charge in [-0.15, -0.1) is 0 Å². The van der Waals surface area contributed by atoms with Gasteiger partial charge in [-0.25, -0.2) is 0 Å². The SMILES string of the molecule is CCc1cc(CNC(C)C(C)CO)n(CC)n1. The monoisotopic (exact) mass is 239 g/mol. The third kappa shape index (κ3) is 3.82. The van der Waals surface area contributed by atoms with Gasteiger partial charge < -0.3 is 10.4 Å². The van der Waals surface area contributed by atoms with Gasteiger partial charge in [-0.3, -0.25) is 4.68 Å². The predicted molar refractivity (Wildman–Crippen MR) is 69.8 cm³/mol. The van der Waals surface area contributed by atoms with Gasteiger partial charge in [0.05, 0.1) is 11.4 Å². The summed E-state index contributed by atoms with van der Waals surface area (Å²) in [6, 6.07) is 2.47. The van der Waals surface area contributed by atoms with Gasteiger partial charge in [0, 0.05) is 25.7 Å². The molecule has 1 aromatic heterocycles. The number of nitrogens with one attached hydrogen (secondary N) is 1. The van der Waals surface area contributed by atoms with Crippen LogP contribution in [0, 0.1) is 5.92 Å². The molecule has 4 nitrogen and oxygen atoms in total. The van der Waals surface area contributed by atoms with E-state index >= 15 is 0 Å². The molecule has 0 fully saturated rings. The summed E-state index contributed by atoms with van der Waals surface area (Å²) >= 11 is 0. The largest absolute Gasteiger partial charge is 0.396 e. The van der Waals surface area contributed by atoms with E-state index in [-0.39, 0.29) is 12.5 Å². The Morgan fingerprint density at radius 1 is 1.41 bits per heavy atom. The number of aliphatic hydroxyl groups is 1. The van der Waals surface area contributed by atoms with Crippen molar-refractivity contribution in [2.45, 2.75) is 53.2 Å². The Morgan fingerprint density at radius 3 is 2.65 bits per heavy atom. The van der Waals surface area contributed by atoms with Gasteiger partial charge in [0.25, 0.3) is 0 Å². The number of rotatable bonds is 7. The van der Waals surface area contributed by atoms with E-state index in [9.17, 15) is 0 Å². The van der Waals surface area contributed by atoms with Gasteiger partial charge in [0.1, 0.15) is 0 Å². The van der Waals surface area contributed by atoms with Crippen molar-refractivity contribution in [2.75, 3.05) is 6.61 Å². The Balaban J connectivity index is 2.58. The Bertz CT molecular complexity index is 335. The Morgan fingerprint density at radius 2 is 2.12 bits per heavy atom. The summed E-state index contributed by atoms with van der Waals surface area (Å²) in [5.74, 6) is 0.277. The normalized spacial score (nSPS) is 14.9. The van der Waals surface area contributed by atoms with Crippen LogP contribution in [-0.4, -0.2) is 27.5 Å². The van der Waals surface area contributed by atoms with Crippen LogP contribution in [0.5, 0.6) is 0 Å². The quantitative estimate of drug-likeness (QED) is 0.759. The number of hydrogen-bond acceptors (Lipinski definition) is 3. The van der Waals surface area contributed by atoms with Crippen LogP contribution in [0.15, 0.2) is 6.07 Å². The summed E-state index contributed by atoms with van der Waals surface area (Å²) in [6.07, 6.45) is 0.975. The highest BCUT2D eigenvalue weighted by atomic mass is 16.3. The molecule has 1 heterocycles. The van der Waals surface area contributed by atoms with Crippen molar-refractivity contribution in [1.29, 1.82) is 0 Å². The van der Waals surface area contributed by atoms with E-state index in [2.05, 4.69) is 37.3 Å². The molecule has 2 atom stereocenters. The van der Waals surface area contributed by atoms with Gasteiger partial charge in [-0.2, -0.15) is 5.10 Å². The second-order valence-electron chi connectivity index (χ2n) is 4.63. The smallest absolute Gasteiger partial charge is 0.0625 e. The standard InChI is InChI=1S/C13H25N3O/c1-5-12-7-13(16(6-2)15-12)8-14-11(4)10(3)9-17/h7,10-11,14,17H,5-6,8-9H2,1-4H3. The molecule has 2 N–H and O–H groups in total. The Hall–Kier alpha value is -0.870. The van der Waals surface area contributed by atoms with Gasteiger partial charge in [0.15, 0.2) is 0 Å². The minimum Gasteiger partial charge on any atom is -0.396 e. The average molecular weight is 239 g/mol. The minimum absolute atomic E-state index is 0.224. The van der Waals surface area contributed by atoms with Crippen LogP contribution < -0.4 is 5.32 Å². The molecule has 0 saturated carbocycles. The fourth-order valence-corrected chi connectivity index (χ4v) is 1.73. The molecule has 0 spiro atoms. The van der Waals surface area contributed by atoms with Gasteiger partial charge in [-0.1, -0.05) is 13.8 Å². The van der Waals surface area contributed by atoms with Crippen molar-refractivity contribution in [3.63, 3.8) is 0 Å².